The maximum atomic E-state index is 4.49. The first-order valence-electron chi connectivity index (χ1n) is 8.59. The lowest BCUT2D eigenvalue weighted by atomic mass is 10.1. The number of rotatable bonds is 5. The van der Waals surface area contributed by atoms with E-state index in [1.54, 1.807) is 7.05 Å². The van der Waals surface area contributed by atoms with Crippen molar-refractivity contribution in [1.82, 2.24) is 20.6 Å². The van der Waals surface area contributed by atoms with Gasteiger partial charge < -0.3 is 15.6 Å². The van der Waals surface area contributed by atoms with Gasteiger partial charge in [0.15, 0.2) is 5.96 Å². The number of aromatic amines is 1. The van der Waals surface area contributed by atoms with Gasteiger partial charge in [-0.3, -0.25) is 9.98 Å². The maximum Gasteiger partial charge on any atom is 0.191 e. The molecule has 0 saturated heterocycles. The molecule has 0 aliphatic rings. The van der Waals surface area contributed by atoms with Crippen molar-refractivity contribution in [3.05, 3.63) is 65.1 Å². The minimum atomic E-state index is 0.660. The Morgan fingerprint density at radius 1 is 1.16 bits per heavy atom. The molecule has 0 bridgehead atoms. The average Bonchev–Trinajstić information content (AvgIpc) is 3.00. The van der Waals surface area contributed by atoms with Crippen LogP contribution >= 0.6 is 0 Å². The molecule has 2 heterocycles. The number of pyridine rings is 1. The Hall–Kier alpha value is -2.82. The molecular formula is C20H25N5. The van der Waals surface area contributed by atoms with Crippen molar-refractivity contribution < 1.29 is 0 Å². The van der Waals surface area contributed by atoms with Gasteiger partial charge in [-0.25, -0.2) is 0 Å². The molecule has 3 aromatic rings. The number of aryl methyl sites for hydroxylation is 2. The molecule has 0 unspecified atom stereocenters. The van der Waals surface area contributed by atoms with Gasteiger partial charge in [-0.2, -0.15) is 0 Å². The van der Waals surface area contributed by atoms with Crippen LogP contribution in [0.2, 0.25) is 0 Å². The van der Waals surface area contributed by atoms with Gasteiger partial charge in [0.25, 0.3) is 0 Å². The van der Waals surface area contributed by atoms with E-state index in [9.17, 15) is 0 Å². The van der Waals surface area contributed by atoms with Gasteiger partial charge in [-0.05, 0) is 49.6 Å². The zero-order chi connectivity index (χ0) is 17.6. The molecular weight excluding hydrogens is 310 g/mol. The Labute approximate surface area is 148 Å². The Balaban J connectivity index is 1.52. The number of guanidine groups is 1. The molecule has 0 radical (unpaired) electrons. The Kier molecular flexibility index (Phi) is 5.33. The molecule has 1 aromatic carbocycles. The normalized spacial score (nSPS) is 11.7. The van der Waals surface area contributed by atoms with Crippen molar-refractivity contribution in [2.75, 3.05) is 13.6 Å². The van der Waals surface area contributed by atoms with Gasteiger partial charge in [-0.1, -0.05) is 18.2 Å². The number of fused-ring (bicyclic) bond motifs is 1. The van der Waals surface area contributed by atoms with Gasteiger partial charge in [0, 0.05) is 36.4 Å². The van der Waals surface area contributed by atoms with Gasteiger partial charge in [0.05, 0.1) is 12.2 Å². The quantitative estimate of drug-likeness (QED) is 0.496. The second-order valence-electron chi connectivity index (χ2n) is 6.24. The molecule has 3 N–H and O–H groups in total. The number of aliphatic imine (C=N–C) groups is 1. The Morgan fingerprint density at radius 3 is 2.84 bits per heavy atom. The van der Waals surface area contributed by atoms with E-state index < -0.39 is 0 Å². The minimum Gasteiger partial charge on any atom is -0.361 e. The summed E-state index contributed by atoms with van der Waals surface area (Å²) in [4.78, 5) is 12.1. The van der Waals surface area contributed by atoms with Crippen molar-refractivity contribution in [3.8, 4) is 0 Å². The zero-order valence-electron chi connectivity index (χ0n) is 15.1. The smallest absolute Gasteiger partial charge is 0.191 e. The van der Waals surface area contributed by atoms with E-state index in [0.717, 1.165) is 30.3 Å². The number of aromatic nitrogens is 2. The predicted octanol–water partition coefficient (Wildman–Crippen LogP) is 3.09. The van der Waals surface area contributed by atoms with E-state index in [2.05, 4.69) is 56.9 Å². The third kappa shape index (κ3) is 4.38. The van der Waals surface area contributed by atoms with Gasteiger partial charge >= 0.3 is 0 Å². The monoisotopic (exact) mass is 335 g/mol. The van der Waals surface area contributed by atoms with Gasteiger partial charge in [-0.15, -0.1) is 0 Å². The number of benzene rings is 1. The SMILES string of the molecule is CN=C(NCCc1c[nH]c2cc(C)ccc12)NCc1cccc(C)n1. The van der Waals surface area contributed by atoms with Crippen LogP contribution in [-0.2, 0) is 13.0 Å². The molecule has 3 rings (SSSR count). The third-order valence-corrected chi connectivity index (χ3v) is 4.22. The summed E-state index contributed by atoms with van der Waals surface area (Å²) in [5.74, 6) is 0.791. The summed E-state index contributed by atoms with van der Waals surface area (Å²) < 4.78 is 0. The van der Waals surface area contributed by atoms with Crippen molar-refractivity contribution >= 4 is 16.9 Å². The Morgan fingerprint density at radius 2 is 2.04 bits per heavy atom. The molecule has 0 saturated carbocycles. The number of nitrogens with zero attached hydrogens (tertiary/aromatic N) is 2. The lowest BCUT2D eigenvalue weighted by Gasteiger charge is -2.11. The molecule has 2 aromatic heterocycles. The van der Waals surface area contributed by atoms with Crippen LogP contribution in [0.1, 0.15) is 22.5 Å². The third-order valence-electron chi connectivity index (χ3n) is 4.22. The van der Waals surface area contributed by atoms with Crippen LogP contribution in [0.15, 0.2) is 47.6 Å². The summed E-state index contributed by atoms with van der Waals surface area (Å²) in [6, 6.07) is 12.6. The molecule has 0 aliphatic heterocycles. The predicted molar refractivity (Wildman–Crippen MR) is 104 cm³/mol. The van der Waals surface area contributed by atoms with Crippen LogP contribution in [-0.4, -0.2) is 29.5 Å². The first kappa shape index (κ1) is 17.0. The molecule has 0 spiro atoms. The molecule has 0 atom stereocenters. The van der Waals surface area contributed by atoms with E-state index in [0.29, 0.717) is 6.54 Å². The summed E-state index contributed by atoms with van der Waals surface area (Å²) >= 11 is 0. The van der Waals surface area contributed by atoms with Crippen LogP contribution in [0.4, 0.5) is 0 Å². The van der Waals surface area contributed by atoms with Crippen LogP contribution in [0, 0.1) is 13.8 Å². The van der Waals surface area contributed by atoms with Crippen LogP contribution in [0.3, 0.4) is 0 Å². The fourth-order valence-corrected chi connectivity index (χ4v) is 2.92. The maximum absolute atomic E-state index is 4.49. The first-order valence-corrected chi connectivity index (χ1v) is 8.59. The fraction of sp³-hybridized carbons (Fsp3) is 0.300. The largest absolute Gasteiger partial charge is 0.361 e. The van der Waals surface area contributed by atoms with Crippen molar-refractivity contribution in [1.29, 1.82) is 0 Å². The van der Waals surface area contributed by atoms with Crippen molar-refractivity contribution in [3.63, 3.8) is 0 Å². The molecule has 0 aliphatic carbocycles. The van der Waals surface area contributed by atoms with E-state index in [1.807, 2.05) is 25.1 Å². The molecule has 0 fully saturated rings. The summed E-state index contributed by atoms with van der Waals surface area (Å²) in [6.07, 6.45) is 3.03. The minimum absolute atomic E-state index is 0.660. The lowest BCUT2D eigenvalue weighted by molar-refractivity contribution is 0.783. The van der Waals surface area contributed by atoms with Crippen LogP contribution in [0.25, 0.3) is 10.9 Å². The van der Waals surface area contributed by atoms with Crippen molar-refractivity contribution in [2.24, 2.45) is 4.99 Å². The highest BCUT2D eigenvalue weighted by atomic mass is 15.2. The molecule has 0 amide bonds. The first-order chi connectivity index (χ1) is 12.2. The standard InChI is InChI=1S/C20H25N5/c1-14-7-8-18-16(12-23-19(18)11-14)9-10-22-20(21-3)24-13-17-6-4-5-15(2)25-17/h4-8,11-12,23H,9-10,13H2,1-3H3,(H2,21,22,24). The number of hydrogen-bond acceptors (Lipinski definition) is 2. The summed E-state index contributed by atoms with van der Waals surface area (Å²) in [7, 11) is 1.79. The average molecular weight is 335 g/mol. The lowest BCUT2D eigenvalue weighted by Crippen LogP contribution is -2.38. The van der Waals surface area contributed by atoms with Gasteiger partial charge in [0.1, 0.15) is 0 Å². The highest BCUT2D eigenvalue weighted by molar-refractivity contribution is 5.84. The molecule has 130 valence electrons. The summed E-state index contributed by atoms with van der Waals surface area (Å²) in [6.45, 7) is 5.59. The molecule has 5 nitrogen and oxygen atoms in total. The van der Waals surface area contributed by atoms with Crippen LogP contribution < -0.4 is 10.6 Å². The van der Waals surface area contributed by atoms with Crippen molar-refractivity contribution in [2.45, 2.75) is 26.8 Å². The van der Waals surface area contributed by atoms with E-state index in [-0.39, 0.29) is 0 Å². The van der Waals surface area contributed by atoms with Crippen LogP contribution in [0.5, 0.6) is 0 Å². The zero-order valence-corrected chi connectivity index (χ0v) is 15.1. The van der Waals surface area contributed by atoms with Gasteiger partial charge in [0.2, 0.25) is 0 Å². The summed E-state index contributed by atoms with van der Waals surface area (Å²) in [5, 5.41) is 7.96. The second kappa shape index (κ2) is 7.83. The fourth-order valence-electron chi connectivity index (χ4n) is 2.92. The molecule has 25 heavy (non-hydrogen) atoms. The number of H-pyrrole nitrogens is 1. The molecule has 5 heteroatoms. The highest BCUT2D eigenvalue weighted by Crippen LogP contribution is 2.19. The highest BCUT2D eigenvalue weighted by Gasteiger charge is 2.05. The number of nitrogens with one attached hydrogen (secondary N) is 3. The topological polar surface area (TPSA) is 65.1 Å². The Bertz CT molecular complexity index is 879. The summed E-state index contributed by atoms with van der Waals surface area (Å²) in [5.41, 5.74) is 5.82. The number of hydrogen-bond donors (Lipinski definition) is 3. The van der Waals surface area contributed by atoms with E-state index >= 15 is 0 Å². The second-order valence-corrected chi connectivity index (χ2v) is 6.24. The van der Waals surface area contributed by atoms with E-state index in [4.69, 9.17) is 0 Å². The van der Waals surface area contributed by atoms with E-state index in [1.165, 1.54) is 22.0 Å².